The summed E-state index contributed by atoms with van der Waals surface area (Å²) in [5, 5.41) is 3.19. The van der Waals surface area contributed by atoms with Gasteiger partial charge >= 0.3 is 0 Å². The first-order valence-electron chi connectivity index (χ1n) is 5.56. The van der Waals surface area contributed by atoms with Crippen molar-refractivity contribution in [1.82, 2.24) is 10.7 Å². The lowest BCUT2D eigenvalue weighted by Gasteiger charge is -2.22. The predicted octanol–water partition coefficient (Wildman–Crippen LogP) is -0.203. The highest BCUT2D eigenvalue weighted by molar-refractivity contribution is 4.90. The second kappa shape index (κ2) is 7.64. The van der Waals surface area contributed by atoms with Crippen LogP contribution in [0.25, 0.3) is 0 Å². The van der Waals surface area contributed by atoms with Crippen LogP contribution in [-0.4, -0.2) is 25.4 Å². The molecular formula is C10H22N4O. The quantitative estimate of drug-likeness (QED) is 0.363. The highest BCUT2D eigenvalue weighted by Gasteiger charge is 2.10. The van der Waals surface area contributed by atoms with Crippen LogP contribution in [0.5, 0.6) is 0 Å². The Hall–Kier alpha value is -0.620. The van der Waals surface area contributed by atoms with E-state index in [1.54, 1.807) is 0 Å². The number of ether oxygens (including phenoxy) is 1. The van der Waals surface area contributed by atoms with Crippen LogP contribution in [0.15, 0.2) is 12.3 Å². The number of hydrogen-bond acceptors (Lipinski definition) is 5. The molecule has 1 rings (SSSR count). The summed E-state index contributed by atoms with van der Waals surface area (Å²) in [7, 11) is 0. The van der Waals surface area contributed by atoms with Gasteiger partial charge in [0.2, 0.25) is 0 Å². The second-order valence-corrected chi connectivity index (χ2v) is 3.79. The molecule has 5 nitrogen and oxygen atoms in total. The molecule has 1 aliphatic heterocycles. The van der Waals surface area contributed by atoms with Crippen LogP contribution >= 0.6 is 0 Å². The Morgan fingerprint density at radius 1 is 1.47 bits per heavy atom. The summed E-state index contributed by atoms with van der Waals surface area (Å²) in [5.74, 6) is 5.16. The fourth-order valence-electron chi connectivity index (χ4n) is 1.50. The van der Waals surface area contributed by atoms with Crippen molar-refractivity contribution in [2.75, 3.05) is 13.2 Å². The summed E-state index contributed by atoms with van der Waals surface area (Å²) < 4.78 is 5.51. The number of nitrogens with one attached hydrogen (secondary N) is 2. The van der Waals surface area contributed by atoms with Crippen molar-refractivity contribution in [3.8, 4) is 0 Å². The second-order valence-electron chi connectivity index (χ2n) is 3.79. The minimum absolute atomic E-state index is 0.0390. The third kappa shape index (κ3) is 5.74. The Morgan fingerprint density at radius 2 is 2.33 bits per heavy atom. The van der Waals surface area contributed by atoms with E-state index in [1.165, 1.54) is 12.8 Å². The Morgan fingerprint density at radius 3 is 3.00 bits per heavy atom. The van der Waals surface area contributed by atoms with Gasteiger partial charge in [-0.15, -0.1) is 0 Å². The molecule has 0 aliphatic carbocycles. The molecule has 0 saturated carbocycles. The average molecular weight is 214 g/mol. The summed E-state index contributed by atoms with van der Waals surface area (Å²) in [4.78, 5) is 0. The maximum absolute atomic E-state index is 5.81. The lowest BCUT2D eigenvalue weighted by atomic mass is 10.2. The van der Waals surface area contributed by atoms with Crippen molar-refractivity contribution in [2.24, 2.45) is 11.6 Å². The van der Waals surface area contributed by atoms with E-state index in [0.29, 0.717) is 0 Å². The maximum Gasteiger partial charge on any atom is 0.127 e. The monoisotopic (exact) mass is 214 g/mol. The molecule has 0 aromatic heterocycles. The minimum Gasteiger partial charge on any atom is -0.366 e. The first kappa shape index (κ1) is 12.4. The summed E-state index contributed by atoms with van der Waals surface area (Å²) in [6, 6.07) is 0.0390. The molecule has 1 fully saturated rings. The van der Waals surface area contributed by atoms with Crippen LogP contribution in [0, 0.1) is 0 Å². The third-order valence-corrected chi connectivity index (χ3v) is 2.43. The van der Waals surface area contributed by atoms with Crippen LogP contribution in [0.1, 0.15) is 25.7 Å². The largest absolute Gasteiger partial charge is 0.366 e. The van der Waals surface area contributed by atoms with Gasteiger partial charge in [0.25, 0.3) is 0 Å². The molecule has 1 heterocycles. The number of hydrazine groups is 1. The van der Waals surface area contributed by atoms with Crippen LogP contribution in [0.3, 0.4) is 0 Å². The summed E-state index contributed by atoms with van der Waals surface area (Å²) in [6.07, 6.45) is 8.30. The topological polar surface area (TPSA) is 85.3 Å². The summed E-state index contributed by atoms with van der Waals surface area (Å²) in [5.41, 5.74) is 8.39. The number of nitrogens with two attached hydrogens (primary N) is 2. The standard InChI is InChI=1S/C10H22N4O/c11-9(5-7-14-12)4-6-13-10-3-1-2-8-15-10/h4,6,9-10,13-14H,1-3,5,7-8,11-12H2/b6-4-. The number of hydrogen-bond donors (Lipinski definition) is 4. The van der Waals surface area contributed by atoms with Crippen LogP contribution < -0.4 is 22.3 Å². The van der Waals surface area contributed by atoms with Gasteiger partial charge in [0.1, 0.15) is 6.23 Å². The molecule has 6 N–H and O–H groups in total. The van der Waals surface area contributed by atoms with Gasteiger partial charge in [-0.05, 0) is 31.9 Å². The molecule has 0 amide bonds. The van der Waals surface area contributed by atoms with E-state index in [-0.39, 0.29) is 12.3 Å². The highest BCUT2D eigenvalue weighted by Crippen LogP contribution is 2.09. The zero-order valence-corrected chi connectivity index (χ0v) is 9.11. The van der Waals surface area contributed by atoms with Crippen LogP contribution in [-0.2, 0) is 4.74 Å². The Labute approximate surface area is 91.2 Å². The smallest absolute Gasteiger partial charge is 0.127 e. The van der Waals surface area contributed by atoms with E-state index in [2.05, 4.69) is 10.7 Å². The molecule has 5 heteroatoms. The van der Waals surface area contributed by atoms with E-state index >= 15 is 0 Å². The molecule has 88 valence electrons. The first-order chi connectivity index (χ1) is 7.33. The molecule has 1 aliphatic rings. The molecule has 0 aromatic rings. The fraction of sp³-hybridized carbons (Fsp3) is 0.800. The fourth-order valence-corrected chi connectivity index (χ4v) is 1.50. The SMILES string of the molecule is NNCCC(N)/C=C\NC1CCCCO1. The Balaban J connectivity index is 2.08. The lowest BCUT2D eigenvalue weighted by Crippen LogP contribution is -2.32. The van der Waals surface area contributed by atoms with Crippen molar-refractivity contribution >= 4 is 0 Å². The molecule has 0 radical (unpaired) electrons. The van der Waals surface area contributed by atoms with E-state index in [0.717, 1.165) is 26.0 Å². The van der Waals surface area contributed by atoms with Gasteiger partial charge in [-0.25, -0.2) is 0 Å². The van der Waals surface area contributed by atoms with E-state index in [1.807, 2.05) is 12.3 Å². The first-order valence-corrected chi connectivity index (χ1v) is 5.56. The highest BCUT2D eigenvalue weighted by atomic mass is 16.5. The number of rotatable bonds is 6. The van der Waals surface area contributed by atoms with E-state index in [9.17, 15) is 0 Å². The molecule has 0 bridgehead atoms. The molecule has 15 heavy (non-hydrogen) atoms. The van der Waals surface area contributed by atoms with Crippen molar-refractivity contribution in [3.63, 3.8) is 0 Å². The van der Waals surface area contributed by atoms with Gasteiger partial charge in [0, 0.05) is 19.2 Å². The average Bonchev–Trinajstić information content (AvgIpc) is 2.28. The normalized spacial score (nSPS) is 24.3. The zero-order chi connectivity index (χ0) is 10.9. The van der Waals surface area contributed by atoms with Crippen molar-refractivity contribution < 1.29 is 4.74 Å². The Kier molecular flexibility index (Phi) is 6.34. The van der Waals surface area contributed by atoms with Gasteiger partial charge in [0.05, 0.1) is 0 Å². The molecule has 0 aromatic carbocycles. The molecule has 1 saturated heterocycles. The molecule has 0 spiro atoms. The van der Waals surface area contributed by atoms with Gasteiger partial charge < -0.3 is 15.8 Å². The van der Waals surface area contributed by atoms with E-state index < -0.39 is 0 Å². The third-order valence-electron chi connectivity index (χ3n) is 2.43. The van der Waals surface area contributed by atoms with Crippen molar-refractivity contribution in [1.29, 1.82) is 0 Å². The summed E-state index contributed by atoms with van der Waals surface area (Å²) in [6.45, 7) is 1.58. The minimum atomic E-state index is 0.0390. The molecule has 2 unspecified atom stereocenters. The maximum atomic E-state index is 5.81. The van der Waals surface area contributed by atoms with E-state index in [4.69, 9.17) is 16.3 Å². The van der Waals surface area contributed by atoms with Gasteiger partial charge in [-0.2, -0.15) is 0 Å². The lowest BCUT2D eigenvalue weighted by molar-refractivity contribution is 0.00331. The van der Waals surface area contributed by atoms with Gasteiger partial charge in [-0.3, -0.25) is 11.3 Å². The zero-order valence-electron chi connectivity index (χ0n) is 9.11. The van der Waals surface area contributed by atoms with Crippen LogP contribution in [0.4, 0.5) is 0 Å². The van der Waals surface area contributed by atoms with Gasteiger partial charge in [-0.1, -0.05) is 6.08 Å². The molecule has 2 atom stereocenters. The Bertz CT molecular complexity index is 180. The predicted molar refractivity (Wildman–Crippen MR) is 60.6 cm³/mol. The van der Waals surface area contributed by atoms with Gasteiger partial charge in [0.15, 0.2) is 0 Å². The van der Waals surface area contributed by atoms with Crippen LogP contribution in [0.2, 0.25) is 0 Å². The summed E-state index contributed by atoms with van der Waals surface area (Å²) >= 11 is 0. The van der Waals surface area contributed by atoms with Crippen molar-refractivity contribution in [2.45, 2.75) is 38.0 Å². The molecular weight excluding hydrogens is 192 g/mol. The van der Waals surface area contributed by atoms with Crippen molar-refractivity contribution in [3.05, 3.63) is 12.3 Å².